The molecule has 2 atom stereocenters. The lowest BCUT2D eigenvalue weighted by atomic mass is 10.1. The lowest BCUT2D eigenvalue weighted by Gasteiger charge is -2.17. The quantitative estimate of drug-likeness (QED) is 0.281. The smallest absolute Gasteiger partial charge is 0.223 e. The van der Waals surface area contributed by atoms with Crippen LogP contribution in [0.15, 0.2) is 11.3 Å². The van der Waals surface area contributed by atoms with Crippen LogP contribution in [-0.2, 0) is 0 Å². The number of hydrogen-bond donors (Lipinski definition) is 2. The average Bonchev–Trinajstić information content (AvgIpc) is 2.28. The molecule has 0 bridgehead atoms. The van der Waals surface area contributed by atoms with Crippen molar-refractivity contribution in [1.29, 1.82) is 0 Å². The maximum Gasteiger partial charge on any atom is 0.223 e. The second-order valence-corrected chi connectivity index (χ2v) is 3.84. The van der Waals surface area contributed by atoms with E-state index >= 15 is 0 Å². The number of halogens is 2. The minimum Gasteiger partial charge on any atom is -0.390 e. The molecule has 0 saturated carbocycles. The molecule has 0 aliphatic heterocycles. The first-order chi connectivity index (χ1) is 8.06. The molecule has 0 saturated heterocycles. The fourth-order valence-corrected chi connectivity index (χ4v) is 1.57. The van der Waals surface area contributed by atoms with Gasteiger partial charge >= 0.3 is 0 Å². The molecule has 1 aromatic rings. The van der Waals surface area contributed by atoms with Crippen molar-refractivity contribution >= 4 is 23.2 Å². The monoisotopic (exact) mass is 277 g/mol. The first-order valence-corrected chi connectivity index (χ1v) is 5.36. The molecule has 1 heterocycles. The first kappa shape index (κ1) is 14.0. The number of hydrogen-bond acceptors (Lipinski definition) is 5. The summed E-state index contributed by atoms with van der Waals surface area (Å²) in [5.74, 6) is 0. The van der Waals surface area contributed by atoms with Gasteiger partial charge in [-0.2, -0.15) is 0 Å². The van der Waals surface area contributed by atoms with Gasteiger partial charge in [-0.05, 0) is 23.6 Å². The highest BCUT2D eigenvalue weighted by Gasteiger charge is 2.21. The van der Waals surface area contributed by atoms with E-state index in [1.54, 1.807) is 0 Å². The van der Waals surface area contributed by atoms with Crippen LogP contribution in [0.1, 0.15) is 18.1 Å². The summed E-state index contributed by atoms with van der Waals surface area (Å²) >= 11 is 11.2. The number of aliphatic hydroxyl groups excluding tert-OH is 2. The summed E-state index contributed by atoms with van der Waals surface area (Å²) < 4.78 is 0. The standard InChI is InChI=1S/C8H9Cl2N5O2/c9-7-4(3-12-8(10)14-7)6(17)5(16)1-2-13-15-11/h3,5-6,16-17H,1-2H2. The van der Waals surface area contributed by atoms with E-state index in [9.17, 15) is 10.2 Å². The zero-order chi connectivity index (χ0) is 12.8. The summed E-state index contributed by atoms with van der Waals surface area (Å²) in [7, 11) is 0. The summed E-state index contributed by atoms with van der Waals surface area (Å²) in [6.45, 7) is 0.0702. The number of rotatable bonds is 5. The van der Waals surface area contributed by atoms with Crippen LogP contribution in [0.3, 0.4) is 0 Å². The van der Waals surface area contributed by atoms with Gasteiger partial charge < -0.3 is 10.2 Å². The maximum atomic E-state index is 9.77. The van der Waals surface area contributed by atoms with Gasteiger partial charge in [-0.1, -0.05) is 16.7 Å². The molecule has 1 rings (SSSR count). The highest BCUT2D eigenvalue weighted by atomic mass is 35.5. The summed E-state index contributed by atoms with van der Waals surface area (Å²) in [6.07, 6.45) is -1.04. The Balaban J connectivity index is 2.73. The Morgan fingerprint density at radius 3 is 2.76 bits per heavy atom. The van der Waals surface area contributed by atoms with E-state index in [0.29, 0.717) is 0 Å². The van der Waals surface area contributed by atoms with Crippen molar-refractivity contribution in [3.63, 3.8) is 0 Å². The third kappa shape index (κ3) is 3.99. The molecule has 0 aliphatic carbocycles. The highest BCUT2D eigenvalue weighted by molar-refractivity contribution is 6.32. The number of aromatic nitrogens is 2. The zero-order valence-electron chi connectivity index (χ0n) is 8.53. The zero-order valence-corrected chi connectivity index (χ0v) is 10.0. The van der Waals surface area contributed by atoms with Crippen molar-refractivity contribution in [2.75, 3.05) is 6.54 Å². The van der Waals surface area contributed by atoms with Crippen molar-refractivity contribution in [3.8, 4) is 0 Å². The van der Waals surface area contributed by atoms with Crippen molar-refractivity contribution in [1.82, 2.24) is 9.97 Å². The van der Waals surface area contributed by atoms with Gasteiger partial charge in [0.2, 0.25) is 5.28 Å². The largest absolute Gasteiger partial charge is 0.390 e. The molecule has 2 N–H and O–H groups in total. The van der Waals surface area contributed by atoms with Gasteiger partial charge in [0, 0.05) is 23.2 Å². The van der Waals surface area contributed by atoms with E-state index in [-0.39, 0.29) is 29.0 Å². The van der Waals surface area contributed by atoms with Crippen molar-refractivity contribution in [2.24, 2.45) is 5.11 Å². The van der Waals surface area contributed by atoms with Crippen LogP contribution in [0.2, 0.25) is 10.4 Å². The highest BCUT2D eigenvalue weighted by Crippen LogP contribution is 2.25. The predicted octanol–water partition coefficient (Wildman–Crippen LogP) is 1.88. The van der Waals surface area contributed by atoms with Crippen LogP contribution < -0.4 is 0 Å². The van der Waals surface area contributed by atoms with Gasteiger partial charge in [0.15, 0.2) is 0 Å². The van der Waals surface area contributed by atoms with Crippen LogP contribution in [0.5, 0.6) is 0 Å². The number of aliphatic hydroxyl groups is 2. The molecule has 9 heteroatoms. The molecule has 17 heavy (non-hydrogen) atoms. The predicted molar refractivity (Wildman–Crippen MR) is 61.6 cm³/mol. The van der Waals surface area contributed by atoms with Gasteiger partial charge in [0.05, 0.1) is 6.10 Å². The molecule has 0 radical (unpaired) electrons. The molecule has 0 aromatic carbocycles. The number of nitrogens with zero attached hydrogens (tertiary/aromatic N) is 5. The normalized spacial score (nSPS) is 13.9. The van der Waals surface area contributed by atoms with Crippen LogP contribution in [0, 0.1) is 0 Å². The average molecular weight is 278 g/mol. The molecule has 1 aromatic heterocycles. The SMILES string of the molecule is [N-]=[N+]=NCCC(O)C(O)c1cnc(Cl)nc1Cl. The Morgan fingerprint density at radius 2 is 2.18 bits per heavy atom. The molecule has 0 amide bonds. The third-order valence-corrected chi connectivity index (χ3v) is 2.49. The fourth-order valence-electron chi connectivity index (χ4n) is 1.15. The van der Waals surface area contributed by atoms with E-state index in [4.69, 9.17) is 28.7 Å². The lowest BCUT2D eigenvalue weighted by molar-refractivity contribution is 0.0147. The molecule has 0 aliphatic rings. The van der Waals surface area contributed by atoms with E-state index in [1.807, 2.05) is 0 Å². The van der Waals surface area contributed by atoms with Gasteiger partial charge in [-0.3, -0.25) is 0 Å². The fraction of sp³-hybridized carbons (Fsp3) is 0.500. The Labute approximate surface area is 107 Å². The van der Waals surface area contributed by atoms with Gasteiger partial charge in [0.25, 0.3) is 0 Å². The summed E-state index contributed by atoms with van der Waals surface area (Å²) in [5, 5.41) is 22.6. The number of azide groups is 1. The van der Waals surface area contributed by atoms with Crippen molar-refractivity contribution < 1.29 is 10.2 Å². The molecule has 2 unspecified atom stereocenters. The molecule has 0 fully saturated rings. The van der Waals surface area contributed by atoms with Gasteiger partial charge in [-0.25, -0.2) is 9.97 Å². The second kappa shape index (κ2) is 6.58. The lowest BCUT2D eigenvalue weighted by Crippen LogP contribution is -2.20. The molecule has 7 nitrogen and oxygen atoms in total. The van der Waals surface area contributed by atoms with Gasteiger partial charge in [-0.15, -0.1) is 0 Å². The first-order valence-electron chi connectivity index (χ1n) is 4.61. The summed E-state index contributed by atoms with van der Waals surface area (Å²) in [5.41, 5.74) is 8.24. The van der Waals surface area contributed by atoms with Crippen LogP contribution in [0.25, 0.3) is 10.4 Å². The Morgan fingerprint density at radius 1 is 1.47 bits per heavy atom. The minimum absolute atomic E-state index is 0.0275. The van der Waals surface area contributed by atoms with Crippen LogP contribution in [0.4, 0.5) is 0 Å². The Bertz CT molecular complexity index is 438. The molecular formula is C8H9Cl2N5O2. The van der Waals surface area contributed by atoms with E-state index in [0.717, 1.165) is 0 Å². The summed E-state index contributed by atoms with van der Waals surface area (Å²) in [4.78, 5) is 9.83. The molecule has 92 valence electrons. The summed E-state index contributed by atoms with van der Waals surface area (Å²) in [6, 6.07) is 0. The van der Waals surface area contributed by atoms with E-state index in [1.165, 1.54) is 6.20 Å². The third-order valence-electron chi connectivity index (χ3n) is 2.01. The Hall–Kier alpha value is -1.11. The van der Waals surface area contributed by atoms with Gasteiger partial charge in [0.1, 0.15) is 11.3 Å². The van der Waals surface area contributed by atoms with E-state index in [2.05, 4.69) is 20.0 Å². The second-order valence-electron chi connectivity index (χ2n) is 3.14. The maximum absolute atomic E-state index is 9.77. The van der Waals surface area contributed by atoms with Crippen molar-refractivity contribution in [2.45, 2.75) is 18.6 Å². The minimum atomic E-state index is -1.26. The molecule has 0 spiro atoms. The topological polar surface area (TPSA) is 115 Å². The van der Waals surface area contributed by atoms with E-state index < -0.39 is 12.2 Å². The van der Waals surface area contributed by atoms with Crippen LogP contribution in [-0.4, -0.2) is 32.8 Å². The van der Waals surface area contributed by atoms with Crippen molar-refractivity contribution in [3.05, 3.63) is 32.6 Å². The van der Waals surface area contributed by atoms with Crippen LogP contribution >= 0.6 is 23.2 Å². The Kier molecular flexibility index (Phi) is 5.40. The molecular weight excluding hydrogens is 269 g/mol.